The molecule has 0 unspecified atom stereocenters. The number of likely N-dealkylation sites (N-methyl/N-ethyl adjacent to an activating group) is 1. The van der Waals surface area contributed by atoms with Crippen LogP contribution < -0.4 is 10.1 Å². The van der Waals surface area contributed by atoms with E-state index >= 15 is 0 Å². The monoisotopic (exact) mass is 273 g/mol. The van der Waals surface area contributed by atoms with Crippen molar-refractivity contribution < 1.29 is 14.6 Å². The first-order valence-electron chi connectivity index (χ1n) is 4.34. The first-order chi connectivity index (χ1) is 7.10. The largest absolute Gasteiger partial charge is 0.504 e. The number of aromatic hydroxyl groups is 1. The Kier molecular flexibility index (Phi) is 4.11. The van der Waals surface area contributed by atoms with Gasteiger partial charge in [-0.2, -0.15) is 0 Å². The molecule has 0 atom stereocenters. The van der Waals surface area contributed by atoms with Gasteiger partial charge in [0.1, 0.15) is 0 Å². The maximum Gasteiger partial charge on any atom is 0.177 e. The molecule has 0 bridgehead atoms. The van der Waals surface area contributed by atoms with Gasteiger partial charge in [0.2, 0.25) is 0 Å². The lowest BCUT2D eigenvalue weighted by atomic mass is 10.1. The molecule has 5 heteroatoms. The van der Waals surface area contributed by atoms with E-state index in [1.807, 2.05) is 0 Å². The number of phenols is 1. The van der Waals surface area contributed by atoms with Crippen LogP contribution in [0.4, 0.5) is 0 Å². The van der Waals surface area contributed by atoms with Crippen molar-refractivity contribution in [3.63, 3.8) is 0 Å². The van der Waals surface area contributed by atoms with Crippen LogP contribution in [-0.4, -0.2) is 31.6 Å². The third-order valence-corrected chi connectivity index (χ3v) is 2.56. The first-order valence-corrected chi connectivity index (χ1v) is 5.13. The van der Waals surface area contributed by atoms with Crippen LogP contribution in [0, 0.1) is 0 Å². The topological polar surface area (TPSA) is 58.6 Å². The van der Waals surface area contributed by atoms with Crippen LogP contribution in [-0.2, 0) is 0 Å². The highest BCUT2D eigenvalue weighted by Crippen LogP contribution is 2.32. The van der Waals surface area contributed by atoms with Crippen LogP contribution in [0.2, 0.25) is 0 Å². The number of methoxy groups -OCH3 is 1. The molecule has 0 saturated heterocycles. The Morgan fingerprint density at radius 2 is 2.27 bits per heavy atom. The van der Waals surface area contributed by atoms with Crippen molar-refractivity contribution in [1.82, 2.24) is 5.32 Å². The summed E-state index contributed by atoms with van der Waals surface area (Å²) in [7, 11) is 3.14. The predicted molar refractivity (Wildman–Crippen MR) is 60.6 cm³/mol. The molecule has 0 saturated carbocycles. The van der Waals surface area contributed by atoms with Crippen LogP contribution >= 0.6 is 15.9 Å². The summed E-state index contributed by atoms with van der Waals surface area (Å²) in [4.78, 5) is 11.6. The number of carbonyl (C=O) groups is 1. The molecule has 0 aliphatic carbocycles. The third kappa shape index (κ3) is 2.70. The smallest absolute Gasteiger partial charge is 0.177 e. The zero-order valence-electron chi connectivity index (χ0n) is 8.50. The minimum absolute atomic E-state index is 0.00498. The number of hydrogen-bond donors (Lipinski definition) is 2. The fourth-order valence-electron chi connectivity index (χ4n) is 1.18. The molecule has 0 radical (unpaired) electrons. The number of phenolic OH excluding ortho intramolecular Hbond substituents is 1. The van der Waals surface area contributed by atoms with Gasteiger partial charge in [0, 0.05) is 10.0 Å². The molecule has 1 aromatic rings. The summed E-state index contributed by atoms with van der Waals surface area (Å²) in [5.41, 5.74) is 0.485. The van der Waals surface area contributed by atoms with E-state index in [1.54, 1.807) is 7.05 Å². The van der Waals surface area contributed by atoms with Crippen LogP contribution in [0.25, 0.3) is 0 Å². The van der Waals surface area contributed by atoms with Gasteiger partial charge in [0.05, 0.1) is 13.7 Å². The third-order valence-electron chi connectivity index (χ3n) is 1.91. The second-order valence-electron chi connectivity index (χ2n) is 2.96. The van der Waals surface area contributed by atoms with Gasteiger partial charge < -0.3 is 15.2 Å². The maximum absolute atomic E-state index is 11.6. The molecule has 0 fully saturated rings. The SMILES string of the molecule is CNCC(=O)c1cc(OC)c(O)cc1Br. The highest BCUT2D eigenvalue weighted by molar-refractivity contribution is 9.10. The zero-order valence-corrected chi connectivity index (χ0v) is 10.1. The number of carbonyl (C=O) groups excluding carboxylic acids is 1. The second-order valence-corrected chi connectivity index (χ2v) is 3.81. The average Bonchev–Trinajstić information content (AvgIpc) is 2.18. The van der Waals surface area contributed by atoms with Crippen LogP contribution in [0.1, 0.15) is 10.4 Å². The van der Waals surface area contributed by atoms with E-state index in [0.29, 0.717) is 10.0 Å². The predicted octanol–water partition coefficient (Wildman–Crippen LogP) is 1.57. The van der Waals surface area contributed by atoms with Crippen LogP contribution in [0.15, 0.2) is 16.6 Å². The van der Waals surface area contributed by atoms with Gasteiger partial charge in [-0.1, -0.05) is 0 Å². The van der Waals surface area contributed by atoms with E-state index in [2.05, 4.69) is 21.2 Å². The molecule has 0 spiro atoms. The van der Waals surface area contributed by atoms with Crippen molar-refractivity contribution >= 4 is 21.7 Å². The summed E-state index contributed by atoms with van der Waals surface area (Å²) >= 11 is 3.22. The highest BCUT2D eigenvalue weighted by atomic mass is 79.9. The minimum atomic E-state index is -0.0670. The Morgan fingerprint density at radius 1 is 1.60 bits per heavy atom. The normalized spacial score (nSPS) is 10.1. The number of ketones is 1. The van der Waals surface area contributed by atoms with Crippen molar-refractivity contribution in [2.24, 2.45) is 0 Å². The van der Waals surface area contributed by atoms with Crippen LogP contribution in [0.5, 0.6) is 11.5 Å². The van der Waals surface area contributed by atoms with Gasteiger partial charge in [-0.25, -0.2) is 0 Å². The summed E-state index contributed by atoms with van der Waals surface area (Å²) in [6.07, 6.45) is 0. The Hall–Kier alpha value is -1.07. The van der Waals surface area contributed by atoms with Gasteiger partial charge in [-0.3, -0.25) is 4.79 Å². The number of benzene rings is 1. The fourth-order valence-corrected chi connectivity index (χ4v) is 1.73. The molecule has 0 aliphatic heterocycles. The molecule has 15 heavy (non-hydrogen) atoms. The summed E-state index contributed by atoms with van der Waals surface area (Å²) < 4.78 is 5.48. The van der Waals surface area contributed by atoms with Crippen molar-refractivity contribution in [1.29, 1.82) is 0 Å². The van der Waals surface area contributed by atoms with Gasteiger partial charge in [0.15, 0.2) is 17.3 Å². The lowest BCUT2D eigenvalue weighted by Crippen LogP contribution is -2.18. The number of ether oxygens (including phenoxy) is 1. The molecule has 0 amide bonds. The highest BCUT2D eigenvalue weighted by Gasteiger charge is 2.13. The molecular formula is C10H12BrNO3. The summed E-state index contributed by atoms with van der Waals surface area (Å²) in [5.74, 6) is 0.228. The molecule has 82 valence electrons. The molecule has 0 aliphatic rings. The molecule has 0 aromatic heterocycles. The number of rotatable bonds is 4. The van der Waals surface area contributed by atoms with Crippen molar-refractivity contribution in [2.75, 3.05) is 20.7 Å². The summed E-state index contributed by atoms with van der Waals surface area (Å²) in [5, 5.41) is 12.2. The first kappa shape index (κ1) is 12.0. The number of Topliss-reactive ketones (excluding diaryl/α,β-unsaturated/α-hetero) is 1. The number of hydrogen-bond acceptors (Lipinski definition) is 4. The van der Waals surface area contributed by atoms with Crippen molar-refractivity contribution in [3.8, 4) is 11.5 Å². The Labute approximate surface area is 96.4 Å². The second kappa shape index (κ2) is 5.14. The van der Waals surface area contributed by atoms with Gasteiger partial charge >= 0.3 is 0 Å². The lowest BCUT2D eigenvalue weighted by molar-refractivity contribution is 0.0992. The standard InChI is InChI=1S/C10H12BrNO3/c1-12-5-9(14)6-3-10(15-2)8(13)4-7(6)11/h3-4,12-13H,5H2,1-2H3. The van der Waals surface area contributed by atoms with Gasteiger partial charge in [-0.15, -0.1) is 0 Å². The van der Waals surface area contributed by atoms with Gasteiger partial charge in [-0.05, 0) is 35.1 Å². The lowest BCUT2D eigenvalue weighted by Gasteiger charge is -2.08. The van der Waals surface area contributed by atoms with E-state index in [-0.39, 0.29) is 23.8 Å². The minimum Gasteiger partial charge on any atom is -0.504 e. The molecular weight excluding hydrogens is 262 g/mol. The van der Waals surface area contributed by atoms with Crippen LogP contribution in [0.3, 0.4) is 0 Å². The van der Waals surface area contributed by atoms with Gasteiger partial charge in [0.25, 0.3) is 0 Å². The average molecular weight is 274 g/mol. The number of halogens is 1. The molecule has 1 rings (SSSR count). The molecule has 1 aromatic carbocycles. The summed E-state index contributed by atoms with van der Waals surface area (Å²) in [6, 6.07) is 2.96. The maximum atomic E-state index is 11.6. The number of nitrogens with one attached hydrogen (secondary N) is 1. The van der Waals surface area contributed by atoms with E-state index in [9.17, 15) is 9.90 Å². The van der Waals surface area contributed by atoms with E-state index in [1.165, 1.54) is 19.2 Å². The zero-order chi connectivity index (χ0) is 11.4. The van der Waals surface area contributed by atoms with E-state index < -0.39 is 0 Å². The van der Waals surface area contributed by atoms with E-state index in [4.69, 9.17) is 4.74 Å². The molecule has 4 nitrogen and oxygen atoms in total. The van der Waals surface area contributed by atoms with Crippen molar-refractivity contribution in [3.05, 3.63) is 22.2 Å². The summed E-state index contributed by atoms with van der Waals surface area (Å²) in [6.45, 7) is 0.243. The molecule has 2 N–H and O–H groups in total. The Balaban J connectivity index is 3.12. The Morgan fingerprint density at radius 3 is 2.80 bits per heavy atom. The fraction of sp³-hybridized carbons (Fsp3) is 0.300. The van der Waals surface area contributed by atoms with E-state index in [0.717, 1.165) is 0 Å². The molecule has 0 heterocycles. The Bertz CT molecular complexity index is 379. The van der Waals surface area contributed by atoms with Crippen molar-refractivity contribution in [2.45, 2.75) is 0 Å². The quantitative estimate of drug-likeness (QED) is 0.818.